The third kappa shape index (κ3) is 3.51. The summed E-state index contributed by atoms with van der Waals surface area (Å²) in [7, 11) is 0. The molecule has 2 heterocycles. The Morgan fingerprint density at radius 2 is 2.56 bits per heavy atom. The van der Waals surface area contributed by atoms with Gasteiger partial charge in [0.1, 0.15) is 0 Å². The lowest BCUT2D eigenvalue weighted by molar-refractivity contribution is -0.117. The molecule has 0 bridgehead atoms. The SMILES string of the molecule is CCC1CN(CC(=O)Nc2nccs2)CCC1N. The van der Waals surface area contributed by atoms with Crippen molar-refractivity contribution in [2.45, 2.75) is 25.8 Å². The quantitative estimate of drug-likeness (QED) is 0.859. The highest BCUT2D eigenvalue weighted by molar-refractivity contribution is 7.13. The molecule has 1 saturated heterocycles. The number of carbonyl (C=O) groups excluding carboxylic acids is 1. The molecule has 1 aliphatic rings. The first-order valence-electron chi connectivity index (χ1n) is 6.36. The number of nitrogens with zero attached hydrogens (tertiary/aromatic N) is 2. The highest BCUT2D eigenvalue weighted by Gasteiger charge is 2.26. The maximum atomic E-state index is 11.8. The first-order valence-corrected chi connectivity index (χ1v) is 7.24. The standard InChI is InChI=1S/C12H20N4OS/c1-2-9-7-16(5-3-10(9)13)8-11(17)15-12-14-4-6-18-12/h4,6,9-10H,2-3,5,7-8,13H2,1H3,(H,14,15,17). The van der Waals surface area contributed by atoms with Crippen LogP contribution in [0.15, 0.2) is 11.6 Å². The van der Waals surface area contributed by atoms with Crippen molar-refractivity contribution in [1.82, 2.24) is 9.88 Å². The largest absolute Gasteiger partial charge is 0.327 e. The third-order valence-electron chi connectivity index (χ3n) is 3.45. The monoisotopic (exact) mass is 268 g/mol. The van der Waals surface area contributed by atoms with Crippen molar-refractivity contribution in [1.29, 1.82) is 0 Å². The summed E-state index contributed by atoms with van der Waals surface area (Å²) in [5.74, 6) is 0.515. The van der Waals surface area contributed by atoms with Crippen LogP contribution >= 0.6 is 11.3 Å². The third-order valence-corrected chi connectivity index (χ3v) is 4.14. The molecule has 1 aromatic heterocycles. The van der Waals surface area contributed by atoms with Crippen LogP contribution in [0.25, 0.3) is 0 Å². The summed E-state index contributed by atoms with van der Waals surface area (Å²) in [6, 6.07) is 0.285. The molecule has 3 N–H and O–H groups in total. The second kappa shape index (κ2) is 6.26. The molecule has 1 amide bonds. The van der Waals surface area contributed by atoms with Crippen LogP contribution in [0.2, 0.25) is 0 Å². The van der Waals surface area contributed by atoms with Gasteiger partial charge in [0.25, 0.3) is 0 Å². The molecule has 5 nitrogen and oxygen atoms in total. The lowest BCUT2D eigenvalue weighted by Gasteiger charge is -2.35. The zero-order valence-corrected chi connectivity index (χ0v) is 11.4. The summed E-state index contributed by atoms with van der Waals surface area (Å²) in [6.07, 6.45) is 3.74. The molecule has 1 fully saturated rings. The molecule has 0 saturated carbocycles. The van der Waals surface area contributed by atoms with Crippen LogP contribution in [0.5, 0.6) is 0 Å². The van der Waals surface area contributed by atoms with E-state index < -0.39 is 0 Å². The second-order valence-electron chi connectivity index (χ2n) is 4.74. The van der Waals surface area contributed by atoms with Gasteiger partial charge in [-0.15, -0.1) is 11.3 Å². The number of hydrogen-bond donors (Lipinski definition) is 2. The predicted octanol–water partition coefficient (Wildman–Crippen LogP) is 1.14. The Morgan fingerprint density at radius 1 is 1.72 bits per heavy atom. The summed E-state index contributed by atoms with van der Waals surface area (Å²) < 4.78 is 0. The molecule has 0 aliphatic carbocycles. The molecular formula is C12H20N4OS. The topological polar surface area (TPSA) is 71.2 Å². The highest BCUT2D eigenvalue weighted by atomic mass is 32.1. The number of nitrogens with one attached hydrogen (secondary N) is 1. The lowest BCUT2D eigenvalue weighted by Crippen LogP contribution is -2.48. The Hall–Kier alpha value is -0.980. The number of anilines is 1. The first kappa shape index (κ1) is 13.5. The molecule has 100 valence electrons. The molecule has 6 heteroatoms. The van der Waals surface area contributed by atoms with E-state index in [-0.39, 0.29) is 11.9 Å². The lowest BCUT2D eigenvalue weighted by atomic mass is 9.91. The average Bonchev–Trinajstić information content (AvgIpc) is 2.84. The fourth-order valence-corrected chi connectivity index (χ4v) is 2.89. The molecule has 0 aromatic carbocycles. The van der Waals surface area contributed by atoms with E-state index in [1.165, 1.54) is 11.3 Å². The van der Waals surface area contributed by atoms with Crippen molar-refractivity contribution in [3.05, 3.63) is 11.6 Å². The van der Waals surface area contributed by atoms with Gasteiger partial charge in [-0.1, -0.05) is 13.3 Å². The maximum Gasteiger partial charge on any atom is 0.240 e. The molecule has 2 unspecified atom stereocenters. The van der Waals surface area contributed by atoms with Crippen molar-refractivity contribution in [2.24, 2.45) is 11.7 Å². The van der Waals surface area contributed by atoms with Crippen LogP contribution in [0.1, 0.15) is 19.8 Å². The highest BCUT2D eigenvalue weighted by Crippen LogP contribution is 2.18. The average molecular weight is 268 g/mol. The minimum absolute atomic E-state index is 0.00951. The summed E-state index contributed by atoms with van der Waals surface area (Å²) >= 11 is 1.44. The Kier molecular flexibility index (Phi) is 4.68. The van der Waals surface area contributed by atoms with Gasteiger partial charge >= 0.3 is 0 Å². The molecule has 2 rings (SSSR count). The van der Waals surface area contributed by atoms with E-state index in [1.807, 2.05) is 5.38 Å². The van der Waals surface area contributed by atoms with Gasteiger partial charge in [0.05, 0.1) is 6.54 Å². The van der Waals surface area contributed by atoms with E-state index in [0.717, 1.165) is 25.9 Å². The van der Waals surface area contributed by atoms with E-state index >= 15 is 0 Å². The van der Waals surface area contributed by atoms with Gasteiger partial charge in [0, 0.05) is 30.7 Å². The fourth-order valence-electron chi connectivity index (χ4n) is 2.35. The van der Waals surface area contributed by atoms with Gasteiger partial charge in [-0.05, 0) is 12.3 Å². The number of aromatic nitrogens is 1. The number of thiazole rings is 1. The van der Waals surface area contributed by atoms with E-state index in [1.54, 1.807) is 6.20 Å². The zero-order chi connectivity index (χ0) is 13.0. The smallest absolute Gasteiger partial charge is 0.240 e. The van der Waals surface area contributed by atoms with E-state index in [2.05, 4.69) is 22.1 Å². The normalized spacial score (nSPS) is 25.0. The van der Waals surface area contributed by atoms with Gasteiger partial charge < -0.3 is 11.1 Å². The first-order chi connectivity index (χ1) is 8.69. The fraction of sp³-hybridized carbons (Fsp3) is 0.667. The number of rotatable bonds is 4. The number of carbonyl (C=O) groups is 1. The summed E-state index contributed by atoms with van der Waals surface area (Å²) in [6.45, 7) is 4.42. The minimum Gasteiger partial charge on any atom is -0.327 e. The Bertz CT molecular complexity index is 381. The van der Waals surface area contributed by atoms with Crippen molar-refractivity contribution in [2.75, 3.05) is 25.0 Å². The number of nitrogens with two attached hydrogens (primary N) is 1. The van der Waals surface area contributed by atoms with Crippen LogP contribution in [-0.4, -0.2) is 41.5 Å². The van der Waals surface area contributed by atoms with E-state index in [4.69, 9.17) is 5.73 Å². The summed E-state index contributed by atoms with van der Waals surface area (Å²) in [5.41, 5.74) is 6.06. The molecule has 0 spiro atoms. The Morgan fingerprint density at radius 3 is 3.22 bits per heavy atom. The van der Waals surface area contributed by atoms with Gasteiger partial charge in [-0.2, -0.15) is 0 Å². The maximum absolute atomic E-state index is 11.8. The van der Waals surface area contributed by atoms with Gasteiger partial charge in [0.15, 0.2) is 5.13 Å². The van der Waals surface area contributed by atoms with Crippen molar-refractivity contribution in [3.63, 3.8) is 0 Å². The molecule has 2 atom stereocenters. The van der Waals surface area contributed by atoms with Crippen molar-refractivity contribution in [3.8, 4) is 0 Å². The molecule has 1 aromatic rings. The number of amides is 1. The second-order valence-corrected chi connectivity index (χ2v) is 5.64. The number of hydrogen-bond acceptors (Lipinski definition) is 5. The number of likely N-dealkylation sites (tertiary alicyclic amines) is 1. The van der Waals surface area contributed by atoms with Crippen LogP contribution in [0.3, 0.4) is 0 Å². The summed E-state index contributed by atoms with van der Waals surface area (Å²) in [4.78, 5) is 18.1. The number of piperidine rings is 1. The van der Waals surface area contributed by atoms with Crippen LogP contribution in [0, 0.1) is 5.92 Å². The van der Waals surface area contributed by atoms with Crippen molar-refractivity contribution >= 4 is 22.4 Å². The van der Waals surface area contributed by atoms with Crippen molar-refractivity contribution < 1.29 is 4.79 Å². The Labute approximate surface area is 111 Å². The van der Waals surface area contributed by atoms with Crippen LogP contribution in [-0.2, 0) is 4.79 Å². The van der Waals surface area contributed by atoms with E-state index in [0.29, 0.717) is 17.6 Å². The Balaban J connectivity index is 1.80. The van der Waals surface area contributed by atoms with Gasteiger partial charge in [-0.3, -0.25) is 9.69 Å². The summed E-state index contributed by atoms with van der Waals surface area (Å²) in [5, 5.41) is 5.33. The minimum atomic E-state index is 0.00951. The van der Waals surface area contributed by atoms with Crippen LogP contribution < -0.4 is 11.1 Å². The molecule has 18 heavy (non-hydrogen) atoms. The predicted molar refractivity (Wildman–Crippen MR) is 73.6 cm³/mol. The molecule has 1 aliphatic heterocycles. The zero-order valence-electron chi connectivity index (χ0n) is 10.6. The molecular weight excluding hydrogens is 248 g/mol. The van der Waals surface area contributed by atoms with Gasteiger partial charge in [0.2, 0.25) is 5.91 Å². The molecule has 0 radical (unpaired) electrons. The van der Waals surface area contributed by atoms with E-state index in [9.17, 15) is 4.79 Å². The van der Waals surface area contributed by atoms with Gasteiger partial charge in [-0.25, -0.2) is 4.98 Å². The van der Waals surface area contributed by atoms with Crippen LogP contribution in [0.4, 0.5) is 5.13 Å².